The van der Waals surface area contributed by atoms with Crippen molar-refractivity contribution in [2.24, 2.45) is 0 Å². The van der Waals surface area contributed by atoms with Crippen molar-refractivity contribution in [3.8, 4) is 11.1 Å². The topological polar surface area (TPSA) is 68.9 Å². The second-order valence-corrected chi connectivity index (χ2v) is 6.96. The number of unbranched alkanes of at least 4 members (excludes halogenated alkanes) is 1. The molecule has 0 fully saturated rings. The summed E-state index contributed by atoms with van der Waals surface area (Å²) in [4.78, 5) is 29.3. The van der Waals surface area contributed by atoms with Crippen molar-refractivity contribution in [1.29, 1.82) is 0 Å². The summed E-state index contributed by atoms with van der Waals surface area (Å²) < 4.78 is 41.9. The number of hydrogen-bond donors (Lipinski definition) is 1. The summed E-state index contributed by atoms with van der Waals surface area (Å²) in [6.45, 7) is 4.50. The SMILES string of the molecule is CCCCNC(=O)Cn1c(=O)n(CC)c2cc(-c3cccc(C(F)(F)F)c3)cnc21. The maximum Gasteiger partial charge on any atom is 0.416 e. The Kier molecular flexibility index (Phi) is 6.28. The van der Waals surface area contributed by atoms with Gasteiger partial charge < -0.3 is 5.32 Å². The van der Waals surface area contributed by atoms with Gasteiger partial charge in [0.25, 0.3) is 0 Å². The molecule has 3 aromatic rings. The van der Waals surface area contributed by atoms with Crippen LogP contribution in [0.25, 0.3) is 22.3 Å². The van der Waals surface area contributed by atoms with E-state index in [1.54, 1.807) is 19.1 Å². The number of fused-ring (bicyclic) bond motifs is 1. The predicted molar refractivity (Wildman–Crippen MR) is 108 cm³/mol. The average Bonchev–Trinajstić information content (AvgIpc) is 2.98. The van der Waals surface area contributed by atoms with Crippen LogP contribution < -0.4 is 11.0 Å². The van der Waals surface area contributed by atoms with Gasteiger partial charge in [0.15, 0.2) is 5.65 Å². The molecule has 2 aromatic heterocycles. The molecule has 0 spiro atoms. The molecule has 0 radical (unpaired) electrons. The molecule has 0 saturated heterocycles. The number of rotatable bonds is 7. The number of aromatic nitrogens is 3. The van der Waals surface area contributed by atoms with Crippen LogP contribution in [-0.4, -0.2) is 26.6 Å². The lowest BCUT2D eigenvalue weighted by atomic mass is 10.0. The Morgan fingerprint density at radius 3 is 2.57 bits per heavy atom. The number of imidazole rings is 1. The van der Waals surface area contributed by atoms with Crippen molar-refractivity contribution in [2.45, 2.75) is 46.0 Å². The van der Waals surface area contributed by atoms with E-state index in [1.807, 2.05) is 6.92 Å². The summed E-state index contributed by atoms with van der Waals surface area (Å²) >= 11 is 0. The van der Waals surface area contributed by atoms with Crippen molar-refractivity contribution in [2.75, 3.05) is 6.54 Å². The highest BCUT2D eigenvalue weighted by atomic mass is 19.4. The Morgan fingerprint density at radius 1 is 1.13 bits per heavy atom. The third kappa shape index (κ3) is 4.39. The number of benzene rings is 1. The lowest BCUT2D eigenvalue weighted by Gasteiger charge is -2.09. The summed E-state index contributed by atoms with van der Waals surface area (Å²) in [5, 5.41) is 2.77. The maximum absolute atomic E-state index is 13.0. The monoisotopic (exact) mass is 420 g/mol. The van der Waals surface area contributed by atoms with Gasteiger partial charge in [0.05, 0.1) is 11.1 Å². The van der Waals surface area contributed by atoms with Crippen LogP contribution in [0.2, 0.25) is 0 Å². The summed E-state index contributed by atoms with van der Waals surface area (Å²) in [5.74, 6) is -0.288. The average molecular weight is 420 g/mol. The van der Waals surface area contributed by atoms with Gasteiger partial charge in [-0.2, -0.15) is 13.2 Å². The number of nitrogens with one attached hydrogen (secondary N) is 1. The third-order valence-electron chi connectivity index (χ3n) is 4.85. The van der Waals surface area contributed by atoms with E-state index < -0.39 is 11.7 Å². The molecule has 160 valence electrons. The van der Waals surface area contributed by atoms with Crippen molar-refractivity contribution < 1.29 is 18.0 Å². The van der Waals surface area contributed by atoms with Crippen LogP contribution in [0.15, 0.2) is 41.3 Å². The second kappa shape index (κ2) is 8.73. The molecule has 2 heterocycles. The van der Waals surface area contributed by atoms with Gasteiger partial charge in [-0.05, 0) is 37.1 Å². The van der Waals surface area contributed by atoms with E-state index in [-0.39, 0.29) is 18.1 Å². The molecule has 0 aliphatic carbocycles. The highest BCUT2D eigenvalue weighted by Gasteiger charge is 2.30. The van der Waals surface area contributed by atoms with Crippen LogP contribution in [0, 0.1) is 0 Å². The molecule has 1 amide bonds. The van der Waals surface area contributed by atoms with Crippen LogP contribution in [0.5, 0.6) is 0 Å². The van der Waals surface area contributed by atoms with E-state index in [0.29, 0.717) is 35.4 Å². The molecular weight excluding hydrogens is 397 g/mol. The van der Waals surface area contributed by atoms with Gasteiger partial charge in [-0.25, -0.2) is 9.78 Å². The zero-order chi connectivity index (χ0) is 21.9. The normalized spacial score (nSPS) is 11.8. The fourth-order valence-corrected chi connectivity index (χ4v) is 3.28. The third-order valence-corrected chi connectivity index (χ3v) is 4.85. The highest BCUT2D eigenvalue weighted by molar-refractivity contribution is 5.82. The highest BCUT2D eigenvalue weighted by Crippen LogP contribution is 2.32. The first-order chi connectivity index (χ1) is 14.3. The molecule has 1 N–H and O–H groups in total. The number of alkyl halides is 3. The smallest absolute Gasteiger partial charge is 0.355 e. The number of carbonyl (C=O) groups is 1. The standard InChI is InChI=1S/C21H23F3N4O2/c1-3-5-9-25-18(29)13-28-19-17(27(4-2)20(28)30)11-15(12-26-19)14-7-6-8-16(10-14)21(22,23)24/h6-8,10-12H,3-5,9,13H2,1-2H3,(H,25,29). The van der Waals surface area contributed by atoms with Crippen molar-refractivity contribution in [3.05, 3.63) is 52.6 Å². The number of carbonyl (C=O) groups excluding carboxylic acids is 1. The molecule has 0 bridgehead atoms. The Bertz CT molecular complexity index is 1120. The number of pyridine rings is 1. The molecule has 9 heteroatoms. The van der Waals surface area contributed by atoms with Crippen LogP contribution in [0.3, 0.4) is 0 Å². The zero-order valence-electron chi connectivity index (χ0n) is 16.8. The molecule has 6 nitrogen and oxygen atoms in total. The molecule has 0 aliphatic heterocycles. The summed E-state index contributed by atoms with van der Waals surface area (Å²) in [7, 11) is 0. The second-order valence-electron chi connectivity index (χ2n) is 6.96. The van der Waals surface area contributed by atoms with E-state index in [9.17, 15) is 22.8 Å². The van der Waals surface area contributed by atoms with E-state index in [4.69, 9.17) is 0 Å². The van der Waals surface area contributed by atoms with Gasteiger partial charge in [-0.3, -0.25) is 13.9 Å². The van der Waals surface area contributed by atoms with Gasteiger partial charge in [0.2, 0.25) is 5.91 Å². The molecule has 1 aromatic carbocycles. The van der Waals surface area contributed by atoms with E-state index >= 15 is 0 Å². The minimum absolute atomic E-state index is 0.165. The summed E-state index contributed by atoms with van der Waals surface area (Å²) in [5.41, 5.74) is 0.461. The number of hydrogen-bond acceptors (Lipinski definition) is 3. The molecule has 0 unspecified atom stereocenters. The number of nitrogens with zero attached hydrogens (tertiary/aromatic N) is 3. The number of amides is 1. The Morgan fingerprint density at radius 2 is 1.90 bits per heavy atom. The van der Waals surface area contributed by atoms with Crippen LogP contribution >= 0.6 is 0 Å². The van der Waals surface area contributed by atoms with Gasteiger partial charge in [0, 0.05) is 24.8 Å². The van der Waals surface area contributed by atoms with Crippen LogP contribution in [-0.2, 0) is 24.1 Å². The van der Waals surface area contributed by atoms with Crippen molar-refractivity contribution in [1.82, 2.24) is 19.4 Å². The van der Waals surface area contributed by atoms with Crippen LogP contribution in [0.4, 0.5) is 13.2 Å². The molecule has 3 rings (SSSR count). The summed E-state index contributed by atoms with van der Waals surface area (Å²) in [6, 6.07) is 6.58. The Hall–Kier alpha value is -3.10. The predicted octanol–water partition coefficient (Wildman–Crippen LogP) is 3.82. The first-order valence-corrected chi connectivity index (χ1v) is 9.79. The van der Waals surface area contributed by atoms with Gasteiger partial charge in [-0.15, -0.1) is 0 Å². The molecular formula is C21H23F3N4O2. The largest absolute Gasteiger partial charge is 0.416 e. The number of halogens is 3. The minimum atomic E-state index is -4.45. The zero-order valence-corrected chi connectivity index (χ0v) is 16.8. The van der Waals surface area contributed by atoms with E-state index in [1.165, 1.54) is 21.4 Å². The van der Waals surface area contributed by atoms with E-state index in [2.05, 4.69) is 10.3 Å². The van der Waals surface area contributed by atoms with Gasteiger partial charge in [0.1, 0.15) is 6.54 Å². The fourth-order valence-electron chi connectivity index (χ4n) is 3.28. The lowest BCUT2D eigenvalue weighted by molar-refractivity contribution is -0.137. The number of aryl methyl sites for hydroxylation is 1. The first kappa shape index (κ1) is 21.6. The molecule has 30 heavy (non-hydrogen) atoms. The minimum Gasteiger partial charge on any atom is -0.355 e. The van der Waals surface area contributed by atoms with Gasteiger partial charge >= 0.3 is 11.9 Å². The summed E-state index contributed by atoms with van der Waals surface area (Å²) in [6.07, 6.45) is -1.25. The fraction of sp³-hybridized carbons (Fsp3) is 0.381. The quantitative estimate of drug-likeness (QED) is 0.591. The molecule has 0 saturated carbocycles. The first-order valence-electron chi connectivity index (χ1n) is 9.79. The van der Waals surface area contributed by atoms with Gasteiger partial charge in [-0.1, -0.05) is 25.5 Å². The van der Waals surface area contributed by atoms with Crippen LogP contribution in [0.1, 0.15) is 32.3 Å². The Balaban J connectivity index is 2.01. The maximum atomic E-state index is 13.0. The Labute approximate surface area is 171 Å². The van der Waals surface area contributed by atoms with E-state index in [0.717, 1.165) is 25.0 Å². The van der Waals surface area contributed by atoms with Crippen molar-refractivity contribution in [3.63, 3.8) is 0 Å². The lowest BCUT2D eigenvalue weighted by Crippen LogP contribution is -2.33. The molecule has 0 aliphatic rings. The molecule has 0 atom stereocenters. The van der Waals surface area contributed by atoms with Crippen molar-refractivity contribution >= 4 is 17.1 Å².